The van der Waals surface area contributed by atoms with Crippen molar-refractivity contribution in [2.24, 2.45) is 7.05 Å². The second kappa shape index (κ2) is 11.5. The van der Waals surface area contributed by atoms with Gasteiger partial charge < -0.3 is 15.0 Å². The molecule has 4 rings (SSSR count). The molecule has 0 aliphatic rings. The molecule has 4 aromatic rings. The highest BCUT2D eigenvalue weighted by atomic mass is 16.3. The van der Waals surface area contributed by atoms with Crippen LogP contribution >= 0.6 is 0 Å². The Labute approximate surface area is 205 Å². The van der Waals surface area contributed by atoms with Gasteiger partial charge in [0.15, 0.2) is 17.4 Å². The van der Waals surface area contributed by atoms with E-state index in [0.29, 0.717) is 36.0 Å². The largest absolute Gasteiger partial charge is 0.392 e. The fourth-order valence-electron chi connectivity index (χ4n) is 4.02. The fraction of sp³-hybridized carbons (Fsp3) is 0.296. The normalized spacial score (nSPS) is 11.9. The average molecular weight is 471 g/mol. The minimum atomic E-state index is 0.0448. The molecular formula is C27H30N6O2. The molecular weight excluding hydrogens is 440 g/mol. The fourth-order valence-corrected chi connectivity index (χ4v) is 4.02. The van der Waals surface area contributed by atoms with E-state index >= 15 is 0 Å². The van der Waals surface area contributed by atoms with Gasteiger partial charge in [-0.2, -0.15) is 0 Å². The lowest BCUT2D eigenvalue weighted by Crippen LogP contribution is -2.08. The summed E-state index contributed by atoms with van der Waals surface area (Å²) in [5, 5.41) is 21.2. The molecule has 8 heteroatoms. The lowest BCUT2D eigenvalue weighted by molar-refractivity contribution is 0.0979. The molecule has 1 atom stereocenters. The molecule has 180 valence electrons. The number of carbonyl (C=O) groups excluding carboxylic acids is 1. The molecule has 2 N–H and O–H groups in total. The van der Waals surface area contributed by atoms with Crippen molar-refractivity contribution >= 4 is 11.5 Å². The first-order chi connectivity index (χ1) is 17.0. The summed E-state index contributed by atoms with van der Waals surface area (Å²) in [5.41, 5.74) is 4.38. The Morgan fingerprint density at radius 1 is 1.11 bits per heavy atom. The lowest BCUT2D eigenvalue weighted by Gasteiger charge is -2.13. The lowest BCUT2D eigenvalue weighted by atomic mass is 9.93. The topological polar surface area (TPSA) is 106 Å². The minimum absolute atomic E-state index is 0.0448. The van der Waals surface area contributed by atoms with Crippen molar-refractivity contribution in [2.45, 2.75) is 45.3 Å². The molecule has 2 heterocycles. The van der Waals surface area contributed by atoms with Crippen LogP contribution in [-0.4, -0.2) is 35.6 Å². The number of rotatable bonds is 11. The molecule has 0 aliphatic heterocycles. The molecule has 0 saturated carbocycles. The predicted molar refractivity (Wildman–Crippen MR) is 135 cm³/mol. The van der Waals surface area contributed by atoms with Crippen molar-refractivity contribution in [1.82, 2.24) is 24.7 Å². The van der Waals surface area contributed by atoms with E-state index in [1.165, 1.54) is 11.9 Å². The van der Waals surface area contributed by atoms with Crippen LogP contribution in [0.3, 0.4) is 0 Å². The smallest absolute Gasteiger partial charge is 0.182 e. The van der Waals surface area contributed by atoms with Gasteiger partial charge in [0.05, 0.1) is 13.2 Å². The van der Waals surface area contributed by atoms with Gasteiger partial charge in [0, 0.05) is 30.9 Å². The van der Waals surface area contributed by atoms with Crippen molar-refractivity contribution in [2.75, 3.05) is 5.32 Å². The van der Waals surface area contributed by atoms with Gasteiger partial charge in [0.25, 0.3) is 0 Å². The van der Waals surface area contributed by atoms with Gasteiger partial charge >= 0.3 is 0 Å². The monoisotopic (exact) mass is 470 g/mol. The van der Waals surface area contributed by atoms with E-state index in [1.54, 1.807) is 12.3 Å². The van der Waals surface area contributed by atoms with E-state index in [0.717, 1.165) is 29.9 Å². The summed E-state index contributed by atoms with van der Waals surface area (Å²) in [5.74, 6) is 1.90. The second-order valence-electron chi connectivity index (χ2n) is 8.65. The third-order valence-corrected chi connectivity index (χ3v) is 6.15. The first-order valence-electron chi connectivity index (χ1n) is 11.8. The van der Waals surface area contributed by atoms with Crippen molar-refractivity contribution in [1.29, 1.82) is 0 Å². The number of aliphatic hydroxyl groups is 1. The highest BCUT2D eigenvalue weighted by molar-refractivity contribution is 5.96. The number of carbonyl (C=O) groups is 1. The van der Waals surface area contributed by atoms with Crippen LogP contribution in [0.5, 0.6) is 0 Å². The van der Waals surface area contributed by atoms with Crippen LogP contribution in [0.4, 0.5) is 5.69 Å². The number of Topliss-reactive ketones (excluding diaryl/α,β-unsaturated/α-hetero) is 1. The Balaban J connectivity index is 1.31. The van der Waals surface area contributed by atoms with E-state index in [-0.39, 0.29) is 12.4 Å². The van der Waals surface area contributed by atoms with Crippen molar-refractivity contribution < 1.29 is 9.90 Å². The molecule has 0 radical (unpaired) electrons. The molecule has 0 spiro atoms. The third-order valence-electron chi connectivity index (χ3n) is 6.15. The number of benzene rings is 2. The van der Waals surface area contributed by atoms with E-state index < -0.39 is 0 Å². The van der Waals surface area contributed by atoms with Gasteiger partial charge in [-0.3, -0.25) is 4.79 Å². The first kappa shape index (κ1) is 24.2. The molecule has 2 aromatic carbocycles. The van der Waals surface area contributed by atoms with Crippen LogP contribution in [0, 0.1) is 0 Å². The number of ketones is 1. The summed E-state index contributed by atoms with van der Waals surface area (Å²) in [7, 11) is 1.90. The van der Waals surface area contributed by atoms with E-state index in [4.69, 9.17) is 0 Å². The van der Waals surface area contributed by atoms with Gasteiger partial charge in [0.1, 0.15) is 12.0 Å². The third kappa shape index (κ3) is 6.16. The standard InChI is InChI=1S/C27H30N6O2/c1-19(21-8-4-7-20(14-21)17-34)6-3-11-25(35)22-9-5-10-23(15-22)29-16-26-31-32-27(33(26)2)24-12-13-28-18-30-24/h4-5,7-10,12-15,18-19,29,34H,3,6,11,16-17H2,1-2H3/t19-/m0/s1. The summed E-state index contributed by atoms with van der Waals surface area (Å²) in [6, 6.07) is 17.4. The molecule has 0 bridgehead atoms. The maximum atomic E-state index is 12.8. The maximum absolute atomic E-state index is 12.8. The first-order valence-corrected chi connectivity index (χ1v) is 11.8. The van der Waals surface area contributed by atoms with E-state index in [9.17, 15) is 9.90 Å². The highest BCUT2D eigenvalue weighted by Crippen LogP contribution is 2.23. The predicted octanol–water partition coefficient (Wildman–Crippen LogP) is 4.53. The quantitative estimate of drug-likeness (QED) is 0.310. The van der Waals surface area contributed by atoms with Crippen LogP contribution in [0.2, 0.25) is 0 Å². The van der Waals surface area contributed by atoms with Crippen molar-refractivity contribution in [3.05, 3.63) is 89.6 Å². The van der Waals surface area contributed by atoms with Gasteiger partial charge in [-0.05, 0) is 48.1 Å². The second-order valence-corrected chi connectivity index (χ2v) is 8.65. The molecule has 0 fully saturated rings. The zero-order valence-electron chi connectivity index (χ0n) is 20.1. The summed E-state index contributed by atoms with van der Waals surface area (Å²) in [4.78, 5) is 21.0. The Hall–Kier alpha value is -3.91. The number of aromatic nitrogens is 5. The van der Waals surface area contributed by atoms with E-state index in [1.807, 2.05) is 54.1 Å². The van der Waals surface area contributed by atoms with Gasteiger partial charge in [0.2, 0.25) is 0 Å². The Morgan fingerprint density at radius 2 is 1.97 bits per heavy atom. The van der Waals surface area contributed by atoms with Crippen molar-refractivity contribution in [3.63, 3.8) is 0 Å². The number of hydrogen-bond acceptors (Lipinski definition) is 7. The molecule has 2 aromatic heterocycles. The number of nitrogens with zero attached hydrogens (tertiary/aromatic N) is 5. The highest BCUT2D eigenvalue weighted by Gasteiger charge is 2.13. The van der Waals surface area contributed by atoms with Crippen LogP contribution in [-0.2, 0) is 20.2 Å². The zero-order chi connectivity index (χ0) is 24.6. The molecule has 0 amide bonds. The van der Waals surface area contributed by atoms with Crippen LogP contribution in [0.1, 0.15) is 59.4 Å². The van der Waals surface area contributed by atoms with Crippen molar-refractivity contribution in [3.8, 4) is 11.5 Å². The van der Waals surface area contributed by atoms with Crippen LogP contribution < -0.4 is 5.32 Å². The molecule has 0 aliphatic carbocycles. The van der Waals surface area contributed by atoms with Crippen LogP contribution in [0.15, 0.2) is 67.1 Å². The minimum Gasteiger partial charge on any atom is -0.392 e. The Bertz CT molecular complexity index is 1270. The summed E-state index contributed by atoms with van der Waals surface area (Å²) < 4.78 is 1.89. The van der Waals surface area contributed by atoms with Gasteiger partial charge in [-0.1, -0.05) is 43.3 Å². The molecule has 0 saturated heterocycles. The average Bonchev–Trinajstić information content (AvgIpc) is 3.28. The van der Waals surface area contributed by atoms with Gasteiger partial charge in [-0.25, -0.2) is 9.97 Å². The number of hydrogen-bond donors (Lipinski definition) is 2. The molecule has 8 nitrogen and oxygen atoms in total. The van der Waals surface area contributed by atoms with Gasteiger partial charge in [-0.15, -0.1) is 10.2 Å². The van der Waals surface area contributed by atoms with E-state index in [2.05, 4.69) is 38.5 Å². The summed E-state index contributed by atoms with van der Waals surface area (Å²) in [6.45, 7) is 2.67. The SMILES string of the molecule is C[C@@H](CCCC(=O)c1cccc(NCc2nnc(-c3ccncn3)n2C)c1)c1cccc(CO)c1. The summed E-state index contributed by atoms with van der Waals surface area (Å²) >= 11 is 0. The molecule has 0 unspecified atom stereocenters. The van der Waals surface area contributed by atoms with Crippen LogP contribution in [0.25, 0.3) is 11.5 Å². The Morgan fingerprint density at radius 3 is 2.77 bits per heavy atom. The maximum Gasteiger partial charge on any atom is 0.182 e. The zero-order valence-corrected chi connectivity index (χ0v) is 20.1. The molecule has 35 heavy (non-hydrogen) atoms. The summed E-state index contributed by atoms with van der Waals surface area (Å²) in [6.07, 6.45) is 5.39. The Kier molecular flexibility index (Phi) is 7.95. The number of anilines is 1. The number of aliphatic hydroxyl groups excluding tert-OH is 1. The number of nitrogens with one attached hydrogen (secondary N) is 1.